The number of nitrogen functional groups attached to an aromatic ring is 1. The minimum absolute atomic E-state index is 0.183. The Labute approximate surface area is 201 Å². The SMILES string of the molecule is [2H]C([2H])(OP(=O)(O)OP(=O)(O)OP(=O)(O)O)[C@H]1O[C@@H](n2ccc3c(=O)[nH]c(N)nc32)C(F)(C#CCF)[C@H]1O. The standard InChI is InChI=1S/C14H17F2N4O13P3/c15-4-1-3-14(16)9(21)8(6-30-35(26,27)33-36(28,29)32-34(23,24)25)31-12(14)20-5-2-7-10(20)18-13(17)19-11(7)22/h2,5,8-9,12,21H,4,6H2,(H,26,27)(H,28,29)(H2,23,24,25)(H3,17,18,19,22)/t8-,9+,12-,14?/m1/s1/i6D2. The van der Waals surface area contributed by atoms with Gasteiger partial charge in [-0.3, -0.25) is 14.3 Å². The van der Waals surface area contributed by atoms with Crippen LogP contribution in [0, 0.1) is 11.8 Å². The fraction of sp³-hybridized carbons (Fsp3) is 0.429. The van der Waals surface area contributed by atoms with Crippen LogP contribution in [0.3, 0.4) is 0 Å². The zero-order chi connectivity index (χ0) is 28.9. The number of phosphoric acid groups is 3. The van der Waals surface area contributed by atoms with Gasteiger partial charge in [0.05, 0.1) is 14.7 Å². The maximum atomic E-state index is 16.1. The van der Waals surface area contributed by atoms with Gasteiger partial charge in [0.2, 0.25) is 11.6 Å². The van der Waals surface area contributed by atoms with Crippen molar-refractivity contribution >= 4 is 40.4 Å². The molecule has 22 heteroatoms. The third-order valence-electron chi connectivity index (χ3n) is 4.25. The second-order valence-electron chi connectivity index (χ2n) is 6.77. The Balaban J connectivity index is 2.01. The van der Waals surface area contributed by atoms with E-state index in [2.05, 4.69) is 23.1 Å². The van der Waals surface area contributed by atoms with Crippen LogP contribution in [-0.2, 0) is 31.6 Å². The summed E-state index contributed by atoms with van der Waals surface area (Å²) in [5, 5.41) is 10.4. The van der Waals surface area contributed by atoms with E-state index in [0.29, 0.717) is 0 Å². The minimum Gasteiger partial charge on any atom is -0.386 e. The van der Waals surface area contributed by atoms with Gasteiger partial charge in [-0.25, -0.2) is 22.5 Å². The van der Waals surface area contributed by atoms with E-state index in [1.165, 1.54) is 0 Å². The van der Waals surface area contributed by atoms with Crippen molar-refractivity contribution in [3.8, 4) is 11.8 Å². The number of aliphatic hydroxyl groups excluding tert-OH is 1. The summed E-state index contributed by atoms with van der Waals surface area (Å²) in [4.78, 5) is 54.1. The number of alkyl halides is 2. The number of phosphoric ester groups is 1. The van der Waals surface area contributed by atoms with E-state index in [-0.39, 0.29) is 11.0 Å². The Kier molecular flexibility index (Phi) is 7.13. The molecule has 0 saturated carbocycles. The van der Waals surface area contributed by atoms with Crippen molar-refractivity contribution in [1.82, 2.24) is 14.5 Å². The van der Waals surface area contributed by atoms with E-state index in [1.807, 2.05) is 0 Å². The number of H-pyrrole nitrogens is 1. The van der Waals surface area contributed by atoms with Crippen molar-refractivity contribution < 1.29 is 67.8 Å². The first-order valence-corrected chi connectivity index (χ1v) is 13.5. The van der Waals surface area contributed by atoms with Gasteiger partial charge in [0, 0.05) is 6.20 Å². The molecule has 0 bridgehead atoms. The summed E-state index contributed by atoms with van der Waals surface area (Å²) < 4.78 is 95.9. The van der Waals surface area contributed by atoms with Crippen LogP contribution in [0.2, 0.25) is 0 Å². The summed E-state index contributed by atoms with van der Waals surface area (Å²) in [6, 6.07) is 1.10. The molecule has 0 aliphatic carbocycles. The lowest BCUT2D eigenvalue weighted by Crippen LogP contribution is -2.42. The predicted octanol–water partition coefficient (Wildman–Crippen LogP) is -0.410. The zero-order valence-corrected chi connectivity index (χ0v) is 19.8. The number of fused-ring (bicyclic) bond motifs is 1. The lowest BCUT2D eigenvalue weighted by Gasteiger charge is -2.24. The summed E-state index contributed by atoms with van der Waals surface area (Å²) >= 11 is 0. The highest BCUT2D eigenvalue weighted by molar-refractivity contribution is 7.66. The largest absolute Gasteiger partial charge is 0.490 e. The van der Waals surface area contributed by atoms with Gasteiger partial charge in [0.15, 0.2) is 11.9 Å². The summed E-state index contributed by atoms with van der Waals surface area (Å²) in [7, 11) is -18.0. The van der Waals surface area contributed by atoms with Crippen LogP contribution in [0.4, 0.5) is 14.7 Å². The fourth-order valence-electron chi connectivity index (χ4n) is 3.01. The van der Waals surface area contributed by atoms with E-state index >= 15 is 4.39 Å². The van der Waals surface area contributed by atoms with Gasteiger partial charge in [-0.05, 0) is 6.07 Å². The number of aromatic nitrogens is 3. The molecule has 200 valence electrons. The first kappa shape index (κ1) is 25.6. The number of nitrogens with zero attached hydrogens (tertiary/aromatic N) is 2. The number of hydrogen-bond donors (Lipinski definition) is 7. The Morgan fingerprint density at radius 2 is 1.97 bits per heavy atom. The molecule has 0 radical (unpaired) electrons. The molecular formula is C14H17F2N4O13P3. The van der Waals surface area contributed by atoms with Gasteiger partial charge < -0.3 is 39.7 Å². The molecule has 1 aliphatic heterocycles. The Morgan fingerprint density at radius 1 is 1.31 bits per heavy atom. The lowest BCUT2D eigenvalue weighted by atomic mass is 9.96. The van der Waals surface area contributed by atoms with Crippen LogP contribution in [0.1, 0.15) is 8.97 Å². The van der Waals surface area contributed by atoms with E-state index in [9.17, 15) is 37.8 Å². The quantitative estimate of drug-likeness (QED) is 0.154. The van der Waals surface area contributed by atoms with Crippen LogP contribution >= 0.6 is 23.5 Å². The first-order valence-electron chi connectivity index (χ1n) is 10.0. The van der Waals surface area contributed by atoms with Crippen LogP contribution in [0.5, 0.6) is 0 Å². The third kappa shape index (κ3) is 6.26. The van der Waals surface area contributed by atoms with Gasteiger partial charge in [0.1, 0.15) is 18.9 Å². The number of nitrogens with one attached hydrogen (secondary N) is 1. The molecule has 6 atom stereocenters. The molecule has 3 heterocycles. The highest BCUT2D eigenvalue weighted by Crippen LogP contribution is 2.66. The number of ether oxygens (including phenoxy) is 1. The summed E-state index contributed by atoms with van der Waals surface area (Å²) in [6.07, 6.45) is -6.61. The molecular weight excluding hydrogens is 563 g/mol. The number of halogens is 2. The highest BCUT2D eigenvalue weighted by atomic mass is 31.3. The molecule has 1 saturated heterocycles. The molecule has 17 nitrogen and oxygen atoms in total. The summed E-state index contributed by atoms with van der Waals surface area (Å²) in [5.74, 6) is 2.95. The molecule has 36 heavy (non-hydrogen) atoms. The number of anilines is 1. The van der Waals surface area contributed by atoms with Gasteiger partial charge >= 0.3 is 23.5 Å². The van der Waals surface area contributed by atoms with Crippen LogP contribution in [0.15, 0.2) is 17.1 Å². The fourth-order valence-corrected chi connectivity index (χ4v) is 5.88. The van der Waals surface area contributed by atoms with Crippen molar-refractivity contribution in [2.45, 2.75) is 24.1 Å². The van der Waals surface area contributed by atoms with Crippen molar-refractivity contribution in [3.63, 3.8) is 0 Å². The molecule has 2 aromatic rings. The Bertz CT molecular complexity index is 1510. The van der Waals surface area contributed by atoms with E-state index in [0.717, 1.165) is 16.8 Å². The molecule has 1 fully saturated rings. The normalized spacial score (nSPS) is 29.0. The molecule has 0 spiro atoms. The van der Waals surface area contributed by atoms with Crippen molar-refractivity contribution in [2.24, 2.45) is 0 Å². The molecule has 8 N–H and O–H groups in total. The van der Waals surface area contributed by atoms with Gasteiger partial charge in [-0.15, -0.1) is 0 Å². The van der Waals surface area contributed by atoms with E-state index in [1.54, 1.807) is 11.8 Å². The zero-order valence-electron chi connectivity index (χ0n) is 19.2. The minimum atomic E-state index is -6.14. The molecule has 3 rings (SSSR count). The second kappa shape index (κ2) is 10.0. The van der Waals surface area contributed by atoms with Gasteiger partial charge in [-0.1, -0.05) is 11.8 Å². The lowest BCUT2D eigenvalue weighted by molar-refractivity contribution is -0.0493. The molecule has 0 amide bonds. The van der Waals surface area contributed by atoms with Gasteiger partial charge in [0.25, 0.3) is 5.56 Å². The van der Waals surface area contributed by atoms with Crippen molar-refractivity contribution in [1.29, 1.82) is 0 Å². The molecule has 1 aliphatic rings. The number of aliphatic hydroxyl groups is 1. The van der Waals surface area contributed by atoms with Crippen molar-refractivity contribution in [3.05, 3.63) is 22.6 Å². The monoisotopic (exact) mass is 582 g/mol. The smallest absolute Gasteiger partial charge is 0.386 e. The second-order valence-corrected chi connectivity index (χ2v) is 11.1. The number of rotatable bonds is 8. The number of hydrogen-bond acceptors (Lipinski definition) is 11. The maximum absolute atomic E-state index is 16.1. The summed E-state index contributed by atoms with van der Waals surface area (Å²) in [5.41, 5.74) is 0.928. The molecule has 3 unspecified atom stereocenters. The molecule has 2 aromatic heterocycles. The van der Waals surface area contributed by atoms with Crippen LogP contribution in [0.25, 0.3) is 11.0 Å². The topological polar surface area (TPSA) is 266 Å². The Hall–Kier alpha value is -2.03. The average molecular weight is 582 g/mol. The summed E-state index contributed by atoms with van der Waals surface area (Å²) in [6.45, 7) is -5.25. The number of aromatic amines is 1. The van der Waals surface area contributed by atoms with Crippen LogP contribution in [-0.4, -0.2) is 70.3 Å². The van der Waals surface area contributed by atoms with Crippen LogP contribution < -0.4 is 11.3 Å². The van der Waals surface area contributed by atoms with Gasteiger partial charge in [-0.2, -0.15) is 13.6 Å². The maximum Gasteiger partial charge on any atom is 0.490 e. The van der Waals surface area contributed by atoms with E-state index in [4.69, 9.17) is 23.0 Å². The average Bonchev–Trinajstić information content (AvgIpc) is 3.22. The molecule has 0 aromatic carbocycles. The third-order valence-corrected chi connectivity index (χ3v) is 7.91. The highest BCUT2D eigenvalue weighted by Gasteiger charge is 2.58. The first-order chi connectivity index (χ1) is 17.2. The van der Waals surface area contributed by atoms with E-state index < -0.39 is 72.3 Å². The number of nitrogens with two attached hydrogens (primary N) is 1. The Morgan fingerprint density at radius 3 is 2.58 bits per heavy atom. The van der Waals surface area contributed by atoms with Crippen molar-refractivity contribution in [2.75, 3.05) is 19.0 Å². The predicted molar refractivity (Wildman–Crippen MR) is 112 cm³/mol.